The smallest absolute Gasteiger partial charge is 0.208 e. The number of nitrogens with zero attached hydrogens (tertiary/aromatic N) is 1. The van der Waals surface area contributed by atoms with Crippen molar-refractivity contribution in [1.82, 2.24) is 5.43 Å². The van der Waals surface area contributed by atoms with Crippen LogP contribution in [0.4, 0.5) is 5.69 Å². The van der Waals surface area contributed by atoms with Crippen LogP contribution in [0.25, 0.3) is 0 Å². The molecule has 1 rings (SSSR count). The van der Waals surface area contributed by atoms with Crippen LogP contribution in [-0.2, 0) is 0 Å². The molecule has 0 aliphatic carbocycles. The number of hydrazine groups is 1. The lowest BCUT2D eigenvalue weighted by atomic mass is 10.2. The lowest BCUT2D eigenvalue weighted by Gasteiger charge is -2.03. The van der Waals surface area contributed by atoms with Crippen molar-refractivity contribution in [2.75, 3.05) is 0 Å². The quantitative estimate of drug-likeness (QED) is 0.300. The van der Waals surface area contributed by atoms with Gasteiger partial charge in [0.15, 0.2) is 0 Å². The van der Waals surface area contributed by atoms with E-state index >= 15 is 0 Å². The van der Waals surface area contributed by atoms with Crippen LogP contribution in [0.1, 0.15) is 5.56 Å². The number of nitrogens with two attached hydrogens (primary N) is 2. The number of guanidine groups is 1. The minimum Gasteiger partial charge on any atom is -0.369 e. The number of hydrogen-bond acceptors (Lipinski definition) is 2. The molecule has 1 aromatic rings. The van der Waals surface area contributed by atoms with E-state index < -0.39 is 0 Å². The van der Waals surface area contributed by atoms with Crippen molar-refractivity contribution in [3.63, 3.8) is 0 Å². The standard InChI is InChI=1S/C8H11BrN4/c1-5-6(9)3-2-4-7(5)12-8(10)13-11/h2-4H,11H2,1H3,(H3,10,12,13). The topological polar surface area (TPSA) is 76.4 Å². The van der Waals surface area contributed by atoms with Gasteiger partial charge in [0.1, 0.15) is 0 Å². The van der Waals surface area contributed by atoms with E-state index in [1.807, 2.05) is 25.1 Å². The van der Waals surface area contributed by atoms with E-state index in [9.17, 15) is 0 Å². The summed E-state index contributed by atoms with van der Waals surface area (Å²) in [4.78, 5) is 4.07. The Morgan fingerprint density at radius 1 is 1.54 bits per heavy atom. The van der Waals surface area contributed by atoms with Gasteiger partial charge in [-0.05, 0) is 24.6 Å². The Bertz CT molecular complexity index is 335. The van der Waals surface area contributed by atoms with Gasteiger partial charge in [0.25, 0.3) is 0 Å². The molecule has 13 heavy (non-hydrogen) atoms. The van der Waals surface area contributed by atoms with Crippen LogP contribution in [-0.4, -0.2) is 5.96 Å². The molecule has 0 atom stereocenters. The Balaban J connectivity index is 3.09. The second kappa shape index (κ2) is 4.25. The minimum atomic E-state index is 0.196. The predicted octanol–water partition coefficient (Wildman–Crippen LogP) is 1.17. The number of nitrogens with one attached hydrogen (secondary N) is 1. The van der Waals surface area contributed by atoms with Gasteiger partial charge in [0.2, 0.25) is 5.96 Å². The van der Waals surface area contributed by atoms with Crippen molar-refractivity contribution in [2.45, 2.75) is 6.92 Å². The second-order valence-corrected chi connectivity index (χ2v) is 3.38. The zero-order chi connectivity index (χ0) is 9.84. The summed E-state index contributed by atoms with van der Waals surface area (Å²) in [7, 11) is 0. The zero-order valence-corrected chi connectivity index (χ0v) is 8.80. The van der Waals surface area contributed by atoms with E-state index in [1.54, 1.807) is 0 Å². The lowest BCUT2D eigenvalue weighted by Crippen LogP contribution is -2.36. The number of hydrogen-bond donors (Lipinski definition) is 3. The highest BCUT2D eigenvalue weighted by atomic mass is 79.9. The van der Waals surface area contributed by atoms with E-state index in [0.29, 0.717) is 0 Å². The van der Waals surface area contributed by atoms with Gasteiger partial charge >= 0.3 is 0 Å². The fourth-order valence-electron chi connectivity index (χ4n) is 0.879. The van der Waals surface area contributed by atoms with Gasteiger partial charge in [-0.15, -0.1) is 0 Å². The van der Waals surface area contributed by atoms with Crippen LogP contribution in [0.2, 0.25) is 0 Å². The van der Waals surface area contributed by atoms with Crippen molar-refractivity contribution in [1.29, 1.82) is 0 Å². The Morgan fingerprint density at radius 3 is 2.85 bits per heavy atom. The second-order valence-electron chi connectivity index (χ2n) is 2.53. The highest BCUT2D eigenvalue weighted by Gasteiger charge is 1.99. The number of aliphatic imine (C=N–C) groups is 1. The molecule has 0 fully saturated rings. The van der Waals surface area contributed by atoms with Gasteiger partial charge in [0, 0.05) is 4.47 Å². The lowest BCUT2D eigenvalue weighted by molar-refractivity contribution is 1.01. The Labute approximate surface area is 85.1 Å². The molecule has 0 aromatic heterocycles. The maximum Gasteiger partial charge on any atom is 0.208 e. The monoisotopic (exact) mass is 242 g/mol. The van der Waals surface area contributed by atoms with Crippen LogP contribution in [0.15, 0.2) is 27.7 Å². The molecule has 4 nitrogen and oxygen atoms in total. The molecular weight excluding hydrogens is 232 g/mol. The van der Waals surface area contributed by atoms with Gasteiger partial charge < -0.3 is 5.73 Å². The SMILES string of the molecule is Cc1c(Br)cccc1N=C(N)NN. The molecule has 0 aliphatic rings. The number of benzene rings is 1. The largest absolute Gasteiger partial charge is 0.369 e. The molecular formula is C8H11BrN4. The Hall–Kier alpha value is -1.07. The molecule has 70 valence electrons. The van der Waals surface area contributed by atoms with Crippen molar-refractivity contribution in [3.05, 3.63) is 28.2 Å². The first-order chi connectivity index (χ1) is 6.15. The van der Waals surface area contributed by atoms with Crippen molar-refractivity contribution in [3.8, 4) is 0 Å². The van der Waals surface area contributed by atoms with Crippen molar-refractivity contribution < 1.29 is 0 Å². The molecule has 0 spiro atoms. The highest BCUT2D eigenvalue weighted by molar-refractivity contribution is 9.10. The normalized spacial score (nSPS) is 11.5. The Morgan fingerprint density at radius 2 is 2.23 bits per heavy atom. The number of halogens is 1. The van der Waals surface area contributed by atoms with Crippen LogP contribution >= 0.6 is 15.9 Å². The molecule has 5 N–H and O–H groups in total. The van der Waals surface area contributed by atoms with Crippen LogP contribution in [0.3, 0.4) is 0 Å². The molecule has 5 heteroatoms. The molecule has 1 aromatic carbocycles. The van der Waals surface area contributed by atoms with Crippen LogP contribution < -0.4 is 17.0 Å². The fraction of sp³-hybridized carbons (Fsp3) is 0.125. The predicted molar refractivity (Wildman–Crippen MR) is 57.5 cm³/mol. The molecule has 0 radical (unpaired) electrons. The van der Waals surface area contributed by atoms with Crippen LogP contribution in [0.5, 0.6) is 0 Å². The third-order valence-corrected chi connectivity index (χ3v) is 2.49. The number of rotatable bonds is 1. The van der Waals surface area contributed by atoms with Gasteiger partial charge in [-0.1, -0.05) is 22.0 Å². The van der Waals surface area contributed by atoms with E-state index in [-0.39, 0.29) is 5.96 Å². The third-order valence-electron chi connectivity index (χ3n) is 1.63. The summed E-state index contributed by atoms with van der Waals surface area (Å²) >= 11 is 3.40. The first kappa shape index (κ1) is 10.0. The van der Waals surface area contributed by atoms with E-state index in [1.165, 1.54) is 0 Å². The molecule has 0 aliphatic heterocycles. The molecule has 0 saturated heterocycles. The summed E-state index contributed by atoms with van der Waals surface area (Å²) in [5.41, 5.74) is 9.52. The summed E-state index contributed by atoms with van der Waals surface area (Å²) < 4.78 is 0.999. The van der Waals surface area contributed by atoms with E-state index in [2.05, 4.69) is 26.3 Å². The molecule has 0 heterocycles. The van der Waals surface area contributed by atoms with Gasteiger partial charge in [0.05, 0.1) is 5.69 Å². The molecule has 0 amide bonds. The van der Waals surface area contributed by atoms with Crippen molar-refractivity contribution >= 4 is 27.6 Å². The Kier molecular flexibility index (Phi) is 3.27. The van der Waals surface area contributed by atoms with Gasteiger partial charge in [-0.25, -0.2) is 10.8 Å². The van der Waals surface area contributed by atoms with Crippen LogP contribution in [0, 0.1) is 6.92 Å². The highest BCUT2D eigenvalue weighted by Crippen LogP contribution is 2.25. The van der Waals surface area contributed by atoms with E-state index in [4.69, 9.17) is 11.6 Å². The maximum absolute atomic E-state index is 5.42. The average molecular weight is 243 g/mol. The molecule has 0 unspecified atom stereocenters. The first-order valence-corrected chi connectivity index (χ1v) is 4.50. The van der Waals surface area contributed by atoms with Crippen molar-refractivity contribution in [2.24, 2.45) is 16.6 Å². The summed E-state index contributed by atoms with van der Waals surface area (Å²) in [5, 5.41) is 0. The third kappa shape index (κ3) is 2.43. The molecule has 0 saturated carbocycles. The fourth-order valence-corrected chi connectivity index (χ4v) is 1.23. The summed E-state index contributed by atoms with van der Waals surface area (Å²) in [6, 6.07) is 5.70. The summed E-state index contributed by atoms with van der Waals surface area (Å²) in [5.74, 6) is 5.29. The minimum absolute atomic E-state index is 0.196. The van der Waals surface area contributed by atoms with E-state index in [0.717, 1.165) is 15.7 Å². The first-order valence-electron chi connectivity index (χ1n) is 3.71. The molecule has 0 bridgehead atoms. The summed E-state index contributed by atoms with van der Waals surface area (Å²) in [6.45, 7) is 1.95. The maximum atomic E-state index is 5.42. The average Bonchev–Trinajstić information content (AvgIpc) is 2.13. The van der Waals surface area contributed by atoms with Gasteiger partial charge in [-0.3, -0.25) is 5.43 Å². The summed E-state index contributed by atoms with van der Waals surface area (Å²) in [6.07, 6.45) is 0. The zero-order valence-electron chi connectivity index (χ0n) is 7.21. The van der Waals surface area contributed by atoms with Gasteiger partial charge in [-0.2, -0.15) is 0 Å².